The molecule has 0 aromatic heterocycles. The third kappa shape index (κ3) is 8.30. The molecule has 0 fully saturated rings. The van der Waals surface area contributed by atoms with E-state index in [2.05, 4.69) is 5.32 Å². The Balaban J connectivity index is 4.23. The van der Waals surface area contributed by atoms with Crippen molar-refractivity contribution >= 4 is 17.9 Å². The number of urea groups is 1. The van der Waals surface area contributed by atoms with Gasteiger partial charge in [-0.15, -0.1) is 0 Å². The second-order valence-electron chi connectivity index (χ2n) is 4.69. The van der Waals surface area contributed by atoms with Crippen LogP contribution < -0.4 is 11.1 Å². The highest BCUT2D eigenvalue weighted by molar-refractivity contribution is 5.83. The average molecular weight is 289 g/mol. The van der Waals surface area contributed by atoms with Crippen molar-refractivity contribution in [1.29, 1.82) is 0 Å². The number of ether oxygens (including phenoxy) is 1. The molecule has 1 unspecified atom stereocenters. The van der Waals surface area contributed by atoms with Crippen molar-refractivity contribution in [2.45, 2.75) is 38.8 Å². The monoisotopic (exact) mass is 289 g/mol. The van der Waals surface area contributed by atoms with Gasteiger partial charge in [-0.3, -0.25) is 4.79 Å². The van der Waals surface area contributed by atoms with Gasteiger partial charge in [0.15, 0.2) is 0 Å². The van der Waals surface area contributed by atoms with E-state index in [-0.39, 0.29) is 18.9 Å². The number of aliphatic carboxylic acids is 1. The molecular weight excluding hydrogens is 266 g/mol. The fraction of sp³-hybridized carbons (Fsp3) is 0.750. The fourth-order valence-corrected chi connectivity index (χ4v) is 1.33. The van der Waals surface area contributed by atoms with Crippen molar-refractivity contribution in [1.82, 2.24) is 10.2 Å². The summed E-state index contributed by atoms with van der Waals surface area (Å²) in [5.74, 6) is -1.81. The number of carboxylic acids is 1. The Bertz CT molecular complexity index is 346. The molecule has 0 saturated heterocycles. The molecule has 0 bridgehead atoms. The van der Waals surface area contributed by atoms with Gasteiger partial charge in [0, 0.05) is 20.0 Å². The van der Waals surface area contributed by atoms with Crippen LogP contribution in [0.2, 0.25) is 0 Å². The highest BCUT2D eigenvalue weighted by atomic mass is 16.5. The van der Waals surface area contributed by atoms with Crippen LogP contribution in [0, 0.1) is 0 Å². The molecule has 0 heterocycles. The largest absolute Gasteiger partial charge is 0.480 e. The van der Waals surface area contributed by atoms with Gasteiger partial charge in [0.2, 0.25) is 5.91 Å². The topological polar surface area (TPSA) is 122 Å². The first kappa shape index (κ1) is 18.2. The molecule has 1 atom stereocenters. The van der Waals surface area contributed by atoms with Gasteiger partial charge in [-0.1, -0.05) is 0 Å². The number of primary amides is 1. The fourth-order valence-electron chi connectivity index (χ4n) is 1.33. The number of nitrogens with two attached hydrogens (primary N) is 1. The number of rotatable bonds is 9. The Morgan fingerprint density at radius 1 is 1.35 bits per heavy atom. The van der Waals surface area contributed by atoms with Crippen LogP contribution in [0.3, 0.4) is 0 Å². The van der Waals surface area contributed by atoms with E-state index in [4.69, 9.17) is 15.6 Å². The minimum atomic E-state index is -1.20. The Kier molecular flexibility index (Phi) is 8.30. The molecule has 0 aromatic carbocycles. The number of nitrogens with one attached hydrogen (secondary N) is 1. The maximum atomic E-state index is 11.8. The van der Waals surface area contributed by atoms with Gasteiger partial charge >= 0.3 is 12.0 Å². The quantitative estimate of drug-likeness (QED) is 0.541. The normalized spacial score (nSPS) is 12.0. The number of amides is 3. The Morgan fingerprint density at radius 3 is 2.40 bits per heavy atom. The van der Waals surface area contributed by atoms with E-state index in [1.807, 2.05) is 13.8 Å². The van der Waals surface area contributed by atoms with Crippen LogP contribution >= 0.6 is 0 Å². The predicted molar refractivity (Wildman–Crippen MR) is 72.1 cm³/mol. The van der Waals surface area contributed by atoms with E-state index in [0.717, 1.165) is 0 Å². The maximum absolute atomic E-state index is 11.8. The number of carbonyl (C=O) groups is 3. The molecule has 0 aliphatic carbocycles. The van der Waals surface area contributed by atoms with Gasteiger partial charge in [-0.25, -0.2) is 9.59 Å². The molecule has 3 amide bonds. The molecule has 8 nitrogen and oxygen atoms in total. The minimum absolute atomic E-state index is 0.0350. The summed E-state index contributed by atoms with van der Waals surface area (Å²) in [7, 11) is 1.53. The predicted octanol–water partition coefficient (Wildman–Crippen LogP) is -0.228. The maximum Gasteiger partial charge on any atom is 0.326 e. The SMILES string of the molecule is CC(C)OCCN(C)C(=O)NC(CCC(N)=O)C(=O)O. The Labute approximate surface area is 118 Å². The van der Waals surface area contributed by atoms with Gasteiger partial charge in [0.1, 0.15) is 6.04 Å². The van der Waals surface area contributed by atoms with Gasteiger partial charge in [0.25, 0.3) is 0 Å². The third-order valence-corrected chi connectivity index (χ3v) is 2.50. The zero-order valence-electron chi connectivity index (χ0n) is 12.1. The molecule has 0 rings (SSSR count). The molecule has 8 heteroatoms. The Hall–Kier alpha value is -1.83. The summed E-state index contributed by atoms with van der Waals surface area (Å²) in [6.45, 7) is 4.46. The lowest BCUT2D eigenvalue weighted by molar-refractivity contribution is -0.139. The minimum Gasteiger partial charge on any atom is -0.480 e. The standard InChI is InChI=1S/C12H23N3O5/c1-8(2)20-7-6-15(3)12(19)14-9(11(17)18)4-5-10(13)16/h8-9H,4-7H2,1-3H3,(H2,13,16)(H,14,19)(H,17,18). The van der Waals surface area contributed by atoms with Gasteiger partial charge in [-0.2, -0.15) is 0 Å². The second kappa shape index (κ2) is 9.13. The highest BCUT2D eigenvalue weighted by Gasteiger charge is 2.22. The first-order chi connectivity index (χ1) is 9.23. The van der Waals surface area contributed by atoms with Crippen LogP contribution in [0.25, 0.3) is 0 Å². The summed E-state index contributed by atoms with van der Waals surface area (Å²) < 4.78 is 5.29. The number of likely N-dealkylation sites (N-methyl/N-ethyl adjacent to an activating group) is 1. The number of carboxylic acid groups (broad SMARTS) is 1. The van der Waals surface area contributed by atoms with Gasteiger partial charge < -0.3 is 25.8 Å². The molecule has 0 spiro atoms. The summed E-state index contributed by atoms with van der Waals surface area (Å²) in [6.07, 6.45) is -0.0711. The summed E-state index contributed by atoms with van der Waals surface area (Å²) in [5, 5.41) is 11.3. The molecule has 0 radical (unpaired) electrons. The average Bonchev–Trinajstić information content (AvgIpc) is 2.32. The third-order valence-electron chi connectivity index (χ3n) is 2.50. The second-order valence-corrected chi connectivity index (χ2v) is 4.69. The number of hydrogen-bond acceptors (Lipinski definition) is 4. The summed E-state index contributed by atoms with van der Waals surface area (Å²) in [5.41, 5.74) is 4.95. The van der Waals surface area contributed by atoms with Crippen LogP contribution in [0.15, 0.2) is 0 Å². The molecule has 0 saturated carbocycles. The van der Waals surface area contributed by atoms with Crippen molar-refractivity contribution in [2.24, 2.45) is 5.73 Å². The van der Waals surface area contributed by atoms with Crippen molar-refractivity contribution in [3.8, 4) is 0 Å². The van der Waals surface area contributed by atoms with E-state index in [1.165, 1.54) is 11.9 Å². The first-order valence-corrected chi connectivity index (χ1v) is 6.38. The van der Waals surface area contributed by atoms with Crippen LogP contribution in [0.5, 0.6) is 0 Å². The van der Waals surface area contributed by atoms with Crippen LogP contribution in [-0.2, 0) is 14.3 Å². The summed E-state index contributed by atoms with van der Waals surface area (Å²) in [6, 6.07) is -1.67. The number of carbonyl (C=O) groups excluding carboxylic acids is 2. The molecule has 0 aliphatic rings. The van der Waals surface area contributed by atoms with E-state index in [0.29, 0.717) is 13.2 Å². The Morgan fingerprint density at radius 2 is 1.95 bits per heavy atom. The van der Waals surface area contributed by atoms with E-state index in [1.54, 1.807) is 0 Å². The van der Waals surface area contributed by atoms with Crippen molar-refractivity contribution in [3.63, 3.8) is 0 Å². The van der Waals surface area contributed by atoms with E-state index in [9.17, 15) is 14.4 Å². The lowest BCUT2D eigenvalue weighted by Gasteiger charge is -2.21. The lowest BCUT2D eigenvalue weighted by atomic mass is 10.1. The first-order valence-electron chi connectivity index (χ1n) is 6.38. The van der Waals surface area contributed by atoms with Crippen molar-refractivity contribution < 1.29 is 24.2 Å². The zero-order valence-corrected chi connectivity index (χ0v) is 12.1. The molecule has 20 heavy (non-hydrogen) atoms. The molecule has 4 N–H and O–H groups in total. The van der Waals surface area contributed by atoms with Gasteiger partial charge in [-0.05, 0) is 20.3 Å². The summed E-state index contributed by atoms with van der Waals surface area (Å²) >= 11 is 0. The van der Waals surface area contributed by atoms with Crippen LogP contribution in [-0.4, -0.2) is 60.3 Å². The molecule has 116 valence electrons. The van der Waals surface area contributed by atoms with Crippen molar-refractivity contribution in [3.05, 3.63) is 0 Å². The summed E-state index contributed by atoms with van der Waals surface area (Å²) in [4.78, 5) is 34.7. The highest BCUT2D eigenvalue weighted by Crippen LogP contribution is 1.99. The van der Waals surface area contributed by atoms with Gasteiger partial charge in [0.05, 0.1) is 12.7 Å². The number of hydrogen-bond donors (Lipinski definition) is 3. The molecule has 0 aromatic rings. The molecule has 0 aliphatic heterocycles. The zero-order chi connectivity index (χ0) is 15.7. The van der Waals surface area contributed by atoms with Crippen LogP contribution in [0.1, 0.15) is 26.7 Å². The van der Waals surface area contributed by atoms with Crippen molar-refractivity contribution in [2.75, 3.05) is 20.2 Å². The number of nitrogens with zero attached hydrogens (tertiary/aromatic N) is 1. The smallest absolute Gasteiger partial charge is 0.326 e. The molecular formula is C12H23N3O5. The van der Waals surface area contributed by atoms with E-state index >= 15 is 0 Å². The lowest BCUT2D eigenvalue weighted by Crippen LogP contribution is -2.47. The van der Waals surface area contributed by atoms with E-state index < -0.39 is 23.9 Å². The van der Waals surface area contributed by atoms with Crippen LogP contribution in [0.4, 0.5) is 4.79 Å².